The van der Waals surface area contributed by atoms with Crippen molar-refractivity contribution in [2.75, 3.05) is 39.4 Å². The van der Waals surface area contributed by atoms with E-state index in [0.717, 1.165) is 26.1 Å². The summed E-state index contributed by atoms with van der Waals surface area (Å²) in [5.74, 6) is 0.673. The first kappa shape index (κ1) is 13.1. The van der Waals surface area contributed by atoms with Gasteiger partial charge in [0.05, 0.1) is 6.61 Å². The molecule has 0 aliphatic carbocycles. The highest BCUT2D eigenvalue weighted by atomic mass is 19.4. The molecule has 0 amide bonds. The zero-order chi connectivity index (χ0) is 12.3. The van der Waals surface area contributed by atoms with Crippen LogP contribution in [0.15, 0.2) is 0 Å². The van der Waals surface area contributed by atoms with Gasteiger partial charge in [-0.3, -0.25) is 4.90 Å². The highest BCUT2D eigenvalue weighted by Gasteiger charge is 2.34. The van der Waals surface area contributed by atoms with E-state index in [1.165, 1.54) is 6.42 Å². The Morgan fingerprint density at radius 2 is 2.12 bits per heavy atom. The van der Waals surface area contributed by atoms with Gasteiger partial charge < -0.3 is 10.1 Å². The molecule has 0 bridgehead atoms. The molecule has 2 unspecified atom stereocenters. The van der Waals surface area contributed by atoms with Crippen LogP contribution in [0.5, 0.6) is 0 Å². The molecule has 0 aromatic heterocycles. The standard InChI is InChI=1S/C11H19F3N2O/c12-11(13,14)8-17-5-4-16-3-1-2-9-6-15-7-10(9)16/h9-10,15H,1-8H2. The van der Waals surface area contributed by atoms with Crippen molar-refractivity contribution in [1.82, 2.24) is 10.2 Å². The molecule has 0 radical (unpaired) electrons. The van der Waals surface area contributed by atoms with Crippen molar-refractivity contribution in [2.45, 2.75) is 25.1 Å². The van der Waals surface area contributed by atoms with Gasteiger partial charge in [0.25, 0.3) is 0 Å². The minimum Gasteiger partial charge on any atom is -0.371 e. The predicted octanol–water partition coefficient (Wildman–Crippen LogP) is 1.25. The maximum atomic E-state index is 11.9. The fourth-order valence-electron chi connectivity index (χ4n) is 2.81. The third kappa shape index (κ3) is 3.82. The van der Waals surface area contributed by atoms with Gasteiger partial charge in [0.15, 0.2) is 0 Å². The van der Waals surface area contributed by atoms with E-state index in [1.807, 2.05) is 0 Å². The van der Waals surface area contributed by atoms with Crippen LogP contribution in [0.4, 0.5) is 13.2 Å². The van der Waals surface area contributed by atoms with Gasteiger partial charge in [-0.2, -0.15) is 13.2 Å². The van der Waals surface area contributed by atoms with Gasteiger partial charge in [-0.15, -0.1) is 0 Å². The van der Waals surface area contributed by atoms with E-state index in [2.05, 4.69) is 15.0 Å². The van der Waals surface area contributed by atoms with Crippen LogP contribution in [-0.2, 0) is 4.74 Å². The van der Waals surface area contributed by atoms with E-state index in [0.29, 0.717) is 18.5 Å². The molecule has 0 spiro atoms. The average Bonchev–Trinajstić information content (AvgIpc) is 2.71. The normalized spacial score (nSPS) is 30.5. The number of ether oxygens (including phenoxy) is 1. The van der Waals surface area contributed by atoms with E-state index < -0.39 is 12.8 Å². The topological polar surface area (TPSA) is 24.5 Å². The number of halogens is 3. The highest BCUT2D eigenvalue weighted by Crippen LogP contribution is 2.26. The van der Waals surface area contributed by atoms with Crippen LogP contribution >= 0.6 is 0 Å². The van der Waals surface area contributed by atoms with E-state index in [9.17, 15) is 13.2 Å². The van der Waals surface area contributed by atoms with Crippen molar-refractivity contribution in [2.24, 2.45) is 5.92 Å². The Kier molecular flexibility index (Phi) is 4.27. The first-order valence-corrected chi connectivity index (χ1v) is 6.15. The van der Waals surface area contributed by atoms with Crippen LogP contribution in [-0.4, -0.2) is 56.5 Å². The lowest BCUT2D eigenvalue weighted by molar-refractivity contribution is -0.175. The van der Waals surface area contributed by atoms with Gasteiger partial charge in [-0.25, -0.2) is 0 Å². The quantitative estimate of drug-likeness (QED) is 0.762. The molecule has 2 saturated heterocycles. The average molecular weight is 252 g/mol. The van der Waals surface area contributed by atoms with E-state index >= 15 is 0 Å². The minimum absolute atomic E-state index is 0.169. The van der Waals surface area contributed by atoms with Crippen molar-refractivity contribution in [3.05, 3.63) is 0 Å². The Morgan fingerprint density at radius 1 is 1.29 bits per heavy atom. The number of fused-ring (bicyclic) bond motifs is 1. The van der Waals surface area contributed by atoms with Crippen LogP contribution in [0.2, 0.25) is 0 Å². The summed E-state index contributed by atoms with van der Waals surface area (Å²) in [5.41, 5.74) is 0. The zero-order valence-electron chi connectivity index (χ0n) is 9.80. The van der Waals surface area contributed by atoms with E-state index in [4.69, 9.17) is 0 Å². The Bertz CT molecular complexity index is 247. The van der Waals surface area contributed by atoms with Crippen LogP contribution < -0.4 is 5.32 Å². The Labute approximate surface area is 99.3 Å². The number of nitrogens with zero attached hydrogens (tertiary/aromatic N) is 1. The van der Waals surface area contributed by atoms with Crippen LogP contribution in [0.3, 0.4) is 0 Å². The molecule has 2 atom stereocenters. The lowest BCUT2D eigenvalue weighted by Gasteiger charge is -2.36. The van der Waals surface area contributed by atoms with Gasteiger partial charge in [0, 0.05) is 19.1 Å². The fourth-order valence-corrected chi connectivity index (χ4v) is 2.81. The largest absolute Gasteiger partial charge is 0.411 e. The number of alkyl halides is 3. The summed E-state index contributed by atoms with van der Waals surface area (Å²) in [6.07, 6.45) is -1.83. The molecule has 2 fully saturated rings. The fraction of sp³-hybridized carbons (Fsp3) is 1.00. The molecule has 17 heavy (non-hydrogen) atoms. The summed E-state index contributed by atoms with van der Waals surface area (Å²) in [6.45, 7) is 2.64. The molecule has 0 aromatic carbocycles. The molecule has 6 heteroatoms. The number of nitrogens with one attached hydrogen (secondary N) is 1. The molecule has 1 N–H and O–H groups in total. The highest BCUT2D eigenvalue weighted by molar-refractivity contribution is 4.91. The third-order valence-corrected chi connectivity index (χ3v) is 3.58. The van der Waals surface area contributed by atoms with Crippen molar-refractivity contribution < 1.29 is 17.9 Å². The predicted molar refractivity (Wildman–Crippen MR) is 57.8 cm³/mol. The SMILES string of the molecule is FC(F)(F)COCCN1CCCC2CNCC21. The van der Waals surface area contributed by atoms with Crippen molar-refractivity contribution in [1.29, 1.82) is 0 Å². The summed E-state index contributed by atoms with van der Waals surface area (Å²) in [7, 11) is 0. The summed E-state index contributed by atoms with van der Waals surface area (Å²) >= 11 is 0. The van der Waals surface area contributed by atoms with Crippen molar-refractivity contribution in [3.63, 3.8) is 0 Å². The van der Waals surface area contributed by atoms with E-state index in [1.54, 1.807) is 0 Å². The van der Waals surface area contributed by atoms with Crippen molar-refractivity contribution >= 4 is 0 Å². The Hall–Kier alpha value is -0.330. The van der Waals surface area contributed by atoms with Gasteiger partial charge in [-0.05, 0) is 31.8 Å². The Morgan fingerprint density at radius 3 is 2.88 bits per heavy atom. The first-order valence-electron chi connectivity index (χ1n) is 6.15. The second kappa shape index (κ2) is 5.54. The monoisotopic (exact) mass is 252 g/mol. The van der Waals surface area contributed by atoms with Crippen LogP contribution in [0.25, 0.3) is 0 Å². The molecular formula is C11H19F3N2O. The molecule has 0 aromatic rings. The van der Waals surface area contributed by atoms with E-state index in [-0.39, 0.29) is 6.61 Å². The summed E-state index contributed by atoms with van der Waals surface area (Å²) in [4.78, 5) is 2.27. The summed E-state index contributed by atoms with van der Waals surface area (Å²) in [6, 6.07) is 0.498. The summed E-state index contributed by atoms with van der Waals surface area (Å²) in [5, 5.41) is 3.35. The van der Waals surface area contributed by atoms with Crippen LogP contribution in [0.1, 0.15) is 12.8 Å². The lowest BCUT2D eigenvalue weighted by Crippen LogP contribution is -2.46. The molecule has 2 heterocycles. The maximum absolute atomic E-state index is 11.9. The Balaban J connectivity index is 1.68. The van der Waals surface area contributed by atoms with Gasteiger partial charge in [0.2, 0.25) is 0 Å². The second-order valence-corrected chi connectivity index (χ2v) is 4.83. The number of rotatable bonds is 4. The number of hydrogen-bond acceptors (Lipinski definition) is 3. The second-order valence-electron chi connectivity index (χ2n) is 4.83. The molecule has 3 nitrogen and oxygen atoms in total. The first-order chi connectivity index (χ1) is 8.06. The van der Waals surface area contributed by atoms with Crippen LogP contribution in [0, 0.1) is 5.92 Å². The smallest absolute Gasteiger partial charge is 0.371 e. The number of likely N-dealkylation sites (tertiary alicyclic amines) is 1. The van der Waals surface area contributed by atoms with Gasteiger partial charge >= 0.3 is 6.18 Å². The minimum atomic E-state index is -4.21. The van der Waals surface area contributed by atoms with Crippen molar-refractivity contribution in [3.8, 4) is 0 Å². The zero-order valence-corrected chi connectivity index (χ0v) is 9.80. The summed E-state index contributed by atoms with van der Waals surface area (Å²) < 4.78 is 40.3. The van der Waals surface area contributed by atoms with Gasteiger partial charge in [-0.1, -0.05) is 0 Å². The molecule has 0 saturated carbocycles. The molecule has 2 aliphatic heterocycles. The molecule has 100 valence electrons. The number of piperidine rings is 1. The molecular weight excluding hydrogens is 233 g/mol. The maximum Gasteiger partial charge on any atom is 0.411 e. The third-order valence-electron chi connectivity index (χ3n) is 3.58. The van der Waals surface area contributed by atoms with Gasteiger partial charge in [0.1, 0.15) is 6.61 Å². The number of hydrogen-bond donors (Lipinski definition) is 1. The molecule has 2 aliphatic rings. The molecule has 2 rings (SSSR count). The lowest BCUT2D eigenvalue weighted by atomic mass is 9.92.